The number of carbonyl (C=O) groups excluding carboxylic acids is 1. The van der Waals surface area contributed by atoms with Gasteiger partial charge in [0.1, 0.15) is 6.61 Å². The standard InChI is InChI=1S/C24H26N4O5/c1-3-10-28-21-20(22(29)26-24(28)31)16(11-17(25-21)14-8-9-14)23(30)27(2)12-15-13-32-18-6-4-5-7-19(18)33-15/h4-7,11,14-15H,3,8-10,12-13H2,1-2H3,(H,26,29,31). The van der Waals surface area contributed by atoms with E-state index in [-0.39, 0.29) is 41.1 Å². The van der Waals surface area contributed by atoms with Crippen LogP contribution in [0.4, 0.5) is 0 Å². The number of fused-ring (bicyclic) bond motifs is 2. The number of rotatable bonds is 6. The normalized spacial score (nSPS) is 17.2. The zero-order valence-corrected chi connectivity index (χ0v) is 18.7. The molecule has 0 spiro atoms. The average molecular weight is 450 g/mol. The molecule has 2 aromatic heterocycles. The highest BCUT2D eigenvalue weighted by Gasteiger charge is 2.30. The minimum atomic E-state index is -0.597. The van der Waals surface area contributed by atoms with E-state index in [4.69, 9.17) is 9.47 Å². The van der Waals surface area contributed by atoms with Crippen molar-refractivity contribution in [3.8, 4) is 11.5 Å². The van der Waals surface area contributed by atoms with Crippen LogP contribution < -0.4 is 20.7 Å². The molecule has 1 saturated carbocycles. The lowest BCUT2D eigenvalue weighted by atomic mass is 10.1. The minimum Gasteiger partial charge on any atom is -0.486 e. The second kappa shape index (κ2) is 8.38. The summed E-state index contributed by atoms with van der Waals surface area (Å²) < 4.78 is 13.2. The Morgan fingerprint density at radius 3 is 2.73 bits per heavy atom. The Morgan fingerprint density at radius 1 is 1.24 bits per heavy atom. The van der Waals surface area contributed by atoms with Crippen molar-refractivity contribution in [3.63, 3.8) is 0 Å². The summed E-state index contributed by atoms with van der Waals surface area (Å²) in [6.45, 7) is 2.94. The number of aromatic amines is 1. The molecular weight excluding hydrogens is 424 g/mol. The summed E-state index contributed by atoms with van der Waals surface area (Å²) in [6, 6.07) is 9.12. The highest BCUT2D eigenvalue weighted by molar-refractivity contribution is 6.05. The molecule has 0 radical (unpaired) electrons. The van der Waals surface area contributed by atoms with Crippen LogP contribution in [0.15, 0.2) is 39.9 Å². The van der Waals surface area contributed by atoms with E-state index in [9.17, 15) is 14.4 Å². The molecule has 0 bridgehead atoms. The highest BCUT2D eigenvalue weighted by atomic mass is 16.6. The van der Waals surface area contributed by atoms with E-state index in [1.165, 1.54) is 9.47 Å². The molecule has 33 heavy (non-hydrogen) atoms. The largest absolute Gasteiger partial charge is 0.486 e. The van der Waals surface area contributed by atoms with Gasteiger partial charge in [0, 0.05) is 25.2 Å². The molecule has 1 aromatic carbocycles. The lowest BCUT2D eigenvalue weighted by molar-refractivity contribution is 0.0522. The van der Waals surface area contributed by atoms with E-state index in [1.807, 2.05) is 31.2 Å². The maximum atomic E-state index is 13.5. The first-order chi connectivity index (χ1) is 16.0. The summed E-state index contributed by atoms with van der Waals surface area (Å²) in [5, 5.41) is 0.149. The molecule has 1 aliphatic carbocycles. The number of aromatic nitrogens is 3. The molecule has 0 saturated heterocycles. The second-order valence-corrected chi connectivity index (χ2v) is 8.66. The third-order valence-corrected chi connectivity index (χ3v) is 6.03. The van der Waals surface area contributed by atoms with Crippen molar-refractivity contribution in [3.05, 3.63) is 62.4 Å². The Morgan fingerprint density at radius 2 is 2.00 bits per heavy atom. The number of nitrogens with one attached hydrogen (secondary N) is 1. The van der Waals surface area contributed by atoms with Gasteiger partial charge in [-0.1, -0.05) is 19.1 Å². The number of hydrogen-bond acceptors (Lipinski definition) is 6. The molecule has 9 heteroatoms. The van der Waals surface area contributed by atoms with Crippen LogP contribution in [0.2, 0.25) is 0 Å². The molecule has 5 rings (SSSR count). The third-order valence-electron chi connectivity index (χ3n) is 6.03. The number of para-hydroxylation sites is 2. The number of likely N-dealkylation sites (N-methyl/N-ethyl adjacent to an activating group) is 1. The van der Waals surface area contributed by atoms with Gasteiger partial charge in [0.05, 0.1) is 17.5 Å². The van der Waals surface area contributed by atoms with Gasteiger partial charge in [0.2, 0.25) is 0 Å². The van der Waals surface area contributed by atoms with Crippen LogP contribution in [0.3, 0.4) is 0 Å². The van der Waals surface area contributed by atoms with Crippen LogP contribution in [0.5, 0.6) is 11.5 Å². The molecule has 9 nitrogen and oxygen atoms in total. The van der Waals surface area contributed by atoms with Crippen molar-refractivity contribution >= 4 is 16.9 Å². The van der Waals surface area contributed by atoms with Gasteiger partial charge < -0.3 is 14.4 Å². The number of amides is 1. The molecule has 1 unspecified atom stereocenters. The van der Waals surface area contributed by atoms with E-state index in [1.54, 1.807) is 13.1 Å². The Labute approximate surface area is 190 Å². The summed E-state index contributed by atoms with van der Waals surface area (Å²) >= 11 is 0. The first-order valence-corrected chi connectivity index (χ1v) is 11.3. The zero-order valence-electron chi connectivity index (χ0n) is 18.7. The maximum absolute atomic E-state index is 13.5. The van der Waals surface area contributed by atoms with Crippen molar-refractivity contribution in [2.75, 3.05) is 20.2 Å². The fraction of sp³-hybridized carbons (Fsp3) is 0.417. The van der Waals surface area contributed by atoms with Gasteiger partial charge >= 0.3 is 5.69 Å². The van der Waals surface area contributed by atoms with Crippen LogP contribution in [0, 0.1) is 0 Å². The number of hydrogen-bond donors (Lipinski definition) is 1. The molecule has 172 valence electrons. The number of benzene rings is 1. The molecule has 1 amide bonds. The van der Waals surface area contributed by atoms with E-state index in [0.29, 0.717) is 31.1 Å². The Hall–Kier alpha value is -3.62. The molecule has 1 N–H and O–H groups in total. The van der Waals surface area contributed by atoms with E-state index >= 15 is 0 Å². The van der Waals surface area contributed by atoms with E-state index in [0.717, 1.165) is 18.5 Å². The van der Waals surface area contributed by atoms with Crippen LogP contribution >= 0.6 is 0 Å². The Balaban J connectivity index is 1.50. The quantitative estimate of drug-likeness (QED) is 0.618. The number of pyridine rings is 1. The van der Waals surface area contributed by atoms with Gasteiger partial charge in [-0.2, -0.15) is 0 Å². The molecule has 1 aliphatic heterocycles. The van der Waals surface area contributed by atoms with Crippen molar-refractivity contribution in [1.82, 2.24) is 19.4 Å². The smallest absolute Gasteiger partial charge is 0.329 e. The molecule has 3 heterocycles. The molecule has 1 atom stereocenters. The van der Waals surface area contributed by atoms with Gasteiger partial charge in [0.15, 0.2) is 23.3 Å². The minimum absolute atomic E-state index is 0.149. The van der Waals surface area contributed by atoms with Crippen LogP contribution in [-0.4, -0.2) is 51.6 Å². The summed E-state index contributed by atoms with van der Waals surface area (Å²) in [5.41, 5.74) is 0.180. The van der Waals surface area contributed by atoms with E-state index < -0.39 is 11.2 Å². The third kappa shape index (κ3) is 3.99. The summed E-state index contributed by atoms with van der Waals surface area (Å²) in [7, 11) is 1.67. The predicted molar refractivity (Wildman–Crippen MR) is 122 cm³/mol. The summed E-state index contributed by atoms with van der Waals surface area (Å²) in [5.74, 6) is 1.25. The monoisotopic (exact) mass is 450 g/mol. The van der Waals surface area contributed by atoms with Gasteiger partial charge in [-0.15, -0.1) is 0 Å². The lowest BCUT2D eigenvalue weighted by Crippen LogP contribution is -2.42. The highest BCUT2D eigenvalue weighted by Crippen LogP contribution is 2.40. The first-order valence-electron chi connectivity index (χ1n) is 11.3. The number of ether oxygens (including phenoxy) is 2. The summed E-state index contributed by atoms with van der Waals surface area (Å²) in [6.07, 6.45) is 2.31. The van der Waals surface area contributed by atoms with Crippen molar-refractivity contribution < 1.29 is 14.3 Å². The van der Waals surface area contributed by atoms with Gasteiger partial charge in [-0.3, -0.25) is 19.1 Å². The first kappa shape index (κ1) is 21.2. The molecule has 1 fully saturated rings. The summed E-state index contributed by atoms with van der Waals surface area (Å²) in [4.78, 5) is 47.3. The van der Waals surface area contributed by atoms with E-state index in [2.05, 4.69) is 9.97 Å². The number of nitrogens with zero attached hydrogens (tertiary/aromatic N) is 3. The predicted octanol–water partition coefficient (Wildman–Crippen LogP) is 2.28. The van der Waals surface area contributed by atoms with Crippen LogP contribution in [0.25, 0.3) is 11.0 Å². The van der Waals surface area contributed by atoms with Crippen LogP contribution in [-0.2, 0) is 6.54 Å². The average Bonchev–Trinajstić information content (AvgIpc) is 3.66. The second-order valence-electron chi connectivity index (χ2n) is 8.66. The Kier molecular flexibility index (Phi) is 5.39. The van der Waals surface area contributed by atoms with Gasteiger partial charge in [-0.05, 0) is 37.5 Å². The lowest BCUT2D eigenvalue weighted by Gasteiger charge is -2.29. The SMILES string of the molecule is CCCn1c(=O)[nH]c(=O)c2c(C(=O)N(C)CC3COc4ccccc4O3)cc(C3CC3)nc21. The van der Waals surface area contributed by atoms with Crippen molar-refractivity contribution in [2.45, 2.75) is 44.8 Å². The van der Waals surface area contributed by atoms with Crippen LogP contribution in [0.1, 0.15) is 48.2 Å². The molecule has 2 aliphatic rings. The molecule has 3 aromatic rings. The van der Waals surface area contributed by atoms with Gasteiger partial charge in [-0.25, -0.2) is 9.78 Å². The molecular formula is C24H26N4O5. The maximum Gasteiger partial charge on any atom is 0.329 e. The fourth-order valence-corrected chi connectivity index (χ4v) is 4.23. The number of H-pyrrole nitrogens is 1. The topological polar surface area (TPSA) is 107 Å². The number of aryl methyl sites for hydroxylation is 1. The van der Waals surface area contributed by atoms with Crippen molar-refractivity contribution in [2.24, 2.45) is 0 Å². The van der Waals surface area contributed by atoms with Gasteiger partial charge in [0.25, 0.3) is 11.5 Å². The number of carbonyl (C=O) groups is 1. The fourth-order valence-electron chi connectivity index (χ4n) is 4.23. The zero-order chi connectivity index (χ0) is 23.1. The Bertz CT molecular complexity index is 1340. The van der Waals surface area contributed by atoms with Crippen molar-refractivity contribution in [1.29, 1.82) is 0 Å².